The number of aromatic nitrogens is 1. The van der Waals surface area contributed by atoms with Crippen molar-refractivity contribution in [3.05, 3.63) is 23.9 Å². The fraction of sp³-hybridized carbons (Fsp3) is 0.533. The van der Waals surface area contributed by atoms with Crippen molar-refractivity contribution in [2.45, 2.75) is 31.7 Å². The van der Waals surface area contributed by atoms with E-state index in [2.05, 4.69) is 4.98 Å². The number of pyridine rings is 1. The molecule has 0 bridgehead atoms. The first-order valence-electron chi connectivity index (χ1n) is 7.39. The van der Waals surface area contributed by atoms with Crippen molar-refractivity contribution >= 4 is 17.7 Å². The Morgan fingerprint density at radius 3 is 2.67 bits per heavy atom. The minimum atomic E-state index is -0.949. The number of likely N-dealkylation sites (tertiary alicyclic amines) is 1. The van der Waals surface area contributed by atoms with Gasteiger partial charge in [0.25, 0.3) is 0 Å². The Kier molecular flexibility index (Phi) is 3.77. The molecule has 1 amide bonds. The molecular formula is C15H19N3O3. The van der Waals surface area contributed by atoms with E-state index in [-0.39, 0.29) is 11.5 Å². The van der Waals surface area contributed by atoms with Crippen LogP contribution in [0.1, 0.15) is 36.0 Å². The first-order valence-corrected chi connectivity index (χ1v) is 7.39. The fourth-order valence-corrected chi connectivity index (χ4v) is 3.26. The van der Waals surface area contributed by atoms with Gasteiger partial charge in [-0.05, 0) is 31.4 Å². The molecule has 112 valence electrons. The maximum Gasteiger partial charge on any atom is 0.339 e. The summed E-state index contributed by atoms with van der Waals surface area (Å²) in [4.78, 5) is 31.3. The fourth-order valence-electron chi connectivity index (χ4n) is 3.26. The maximum atomic E-state index is 11.8. The van der Waals surface area contributed by atoms with Crippen molar-refractivity contribution in [1.82, 2.24) is 9.88 Å². The minimum Gasteiger partial charge on any atom is -0.478 e. The zero-order chi connectivity index (χ0) is 14.8. The summed E-state index contributed by atoms with van der Waals surface area (Å²) in [6.07, 6.45) is 5.01. The highest BCUT2D eigenvalue weighted by Gasteiger charge is 2.31. The highest BCUT2D eigenvalue weighted by atomic mass is 16.4. The van der Waals surface area contributed by atoms with E-state index in [0.717, 1.165) is 38.9 Å². The Balaban J connectivity index is 1.69. The number of hydrogen-bond acceptors (Lipinski definition) is 4. The van der Waals surface area contributed by atoms with Gasteiger partial charge in [-0.3, -0.25) is 4.79 Å². The molecule has 0 saturated carbocycles. The molecule has 0 aromatic carbocycles. The predicted molar refractivity (Wildman–Crippen MR) is 77.4 cm³/mol. The van der Waals surface area contributed by atoms with Gasteiger partial charge in [-0.2, -0.15) is 0 Å². The number of nitrogens with zero attached hydrogens (tertiary/aromatic N) is 3. The summed E-state index contributed by atoms with van der Waals surface area (Å²) in [6, 6.07) is 3.52. The van der Waals surface area contributed by atoms with Crippen molar-refractivity contribution in [3.8, 4) is 0 Å². The molecule has 0 unspecified atom stereocenters. The molecule has 1 aromatic rings. The smallest absolute Gasteiger partial charge is 0.339 e. The molecule has 1 aromatic heterocycles. The van der Waals surface area contributed by atoms with E-state index in [4.69, 9.17) is 0 Å². The number of carbonyl (C=O) groups is 2. The van der Waals surface area contributed by atoms with Gasteiger partial charge in [0.05, 0.1) is 0 Å². The summed E-state index contributed by atoms with van der Waals surface area (Å²) in [5, 5.41) is 9.24. The number of hydrogen-bond donors (Lipinski definition) is 1. The number of rotatable bonds is 3. The van der Waals surface area contributed by atoms with Crippen LogP contribution in [0.4, 0.5) is 5.82 Å². The third-order valence-corrected chi connectivity index (χ3v) is 4.33. The maximum absolute atomic E-state index is 11.8. The van der Waals surface area contributed by atoms with E-state index in [1.54, 1.807) is 18.3 Å². The van der Waals surface area contributed by atoms with E-state index in [0.29, 0.717) is 18.3 Å². The van der Waals surface area contributed by atoms with Gasteiger partial charge in [0.15, 0.2) is 0 Å². The molecule has 1 N–H and O–H groups in total. The van der Waals surface area contributed by atoms with Gasteiger partial charge in [-0.1, -0.05) is 0 Å². The number of carboxylic acids is 1. The second-order valence-electron chi connectivity index (χ2n) is 5.59. The number of piperidine rings is 1. The third-order valence-electron chi connectivity index (χ3n) is 4.33. The highest BCUT2D eigenvalue weighted by molar-refractivity contribution is 5.93. The molecule has 0 radical (unpaired) electrons. The first kappa shape index (κ1) is 13.9. The van der Waals surface area contributed by atoms with Crippen molar-refractivity contribution in [2.24, 2.45) is 0 Å². The van der Waals surface area contributed by atoms with Crippen LogP contribution < -0.4 is 4.90 Å². The normalized spacial score (nSPS) is 20.1. The van der Waals surface area contributed by atoms with Gasteiger partial charge in [-0.15, -0.1) is 0 Å². The van der Waals surface area contributed by atoms with Crippen LogP contribution in [0.2, 0.25) is 0 Å². The largest absolute Gasteiger partial charge is 0.478 e. The Morgan fingerprint density at radius 2 is 2.05 bits per heavy atom. The van der Waals surface area contributed by atoms with Crippen LogP contribution in [-0.4, -0.2) is 52.5 Å². The third kappa shape index (κ3) is 2.70. The molecule has 3 heterocycles. The molecule has 3 rings (SSSR count). The SMILES string of the molecule is O=C(O)c1cccnc1N1CCC(N2CCCC2=O)CC1. The molecule has 2 aliphatic rings. The zero-order valence-electron chi connectivity index (χ0n) is 11.9. The van der Waals surface area contributed by atoms with Gasteiger partial charge < -0.3 is 14.9 Å². The van der Waals surface area contributed by atoms with E-state index in [1.165, 1.54) is 0 Å². The number of anilines is 1. The van der Waals surface area contributed by atoms with Crippen LogP contribution in [0.25, 0.3) is 0 Å². The molecule has 6 nitrogen and oxygen atoms in total. The zero-order valence-corrected chi connectivity index (χ0v) is 11.9. The lowest BCUT2D eigenvalue weighted by Gasteiger charge is -2.37. The van der Waals surface area contributed by atoms with Gasteiger partial charge in [0.1, 0.15) is 11.4 Å². The molecule has 0 aliphatic carbocycles. The average molecular weight is 289 g/mol. The Morgan fingerprint density at radius 1 is 1.29 bits per heavy atom. The van der Waals surface area contributed by atoms with E-state index in [1.807, 2.05) is 9.80 Å². The van der Waals surface area contributed by atoms with E-state index in [9.17, 15) is 14.7 Å². The predicted octanol–water partition coefficient (Wildman–Crippen LogP) is 1.37. The Labute approximate surface area is 123 Å². The van der Waals surface area contributed by atoms with Crippen molar-refractivity contribution < 1.29 is 14.7 Å². The lowest BCUT2D eigenvalue weighted by atomic mass is 10.0. The van der Waals surface area contributed by atoms with Crippen LogP contribution in [0.15, 0.2) is 18.3 Å². The first-order chi connectivity index (χ1) is 10.2. The molecule has 2 saturated heterocycles. The standard InChI is InChI=1S/C15H19N3O3/c19-13-4-2-8-18(13)11-5-9-17(10-6-11)14-12(15(20)21)3-1-7-16-14/h1,3,7,11H,2,4-6,8-10H2,(H,20,21). The summed E-state index contributed by atoms with van der Waals surface area (Å²) < 4.78 is 0. The molecular weight excluding hydrogens is 270 g/mol. The summed E-state index contributed by atoms with van der Waals surface area (Å²) in [6.45, 7) is 2.35. The van der Waals surface area contributed by atoms with E-state index < -0.39 is 5.97 Å². The second kappa shape index (κ2) is 5.71. The molecule has 6 heteroatoms. The van der Waals surface area contributed by atoms with Crippen LogP contribution in [0.3, 0.4) is 0 Å². The summed E-state index contributed by atoms with van der Waals surface area (Å²) in [5.74, 6) is -0.149. The number of carboxylic acid groups (broad SMARTS) is 1. The van der Waals surface area contributed by atoms with Gasteiger partial charge >= 0.3 is 5.97 Å². The monoisotopic (exact) mass is 289 g/mol. The van der Waals surface area contributed by atoms with E-state index >= 15 is 0 Å². The molecule has 2 fully saturated rings. The molecule has 0 atom stereocenters. The average Bonchev–Trinajstić information content (AvgIpc) is 2.93. The summed E-state index contributed by atoms with van der Waals surface area (Å²) in [5.41, 5.74) is 0.244. The molecule has 2 aliphatic heterocycles. The lowest BCUT2D eigenvalue weighted by molar-refractivity contribution is -0.130. The quantitative estimate of drug-likeness (QED) is 0.909. The van der Waals surface area contributed by atoms with Gasteiger partial charge in [0, 0.05) is 38.3 Å². The van der Waals surface area contributed by atoms with Crippen LogP contribution in [0.5, 0.6) is 0 Å². The van der Waals surface area contributed by atoms with Gasteiger partial charge in [-0.25, -0.2) is 9.78 Å². The minimum absolute atomic E-state index is 0.244. The molecule has 0 spiro atoms. The summed E-state index contributed by atoms with van der Waals surface area (Å²) >= 11 is 0. The summed E-state index contributed by atoms with van der Waals surface area (Å²) in [7, 11) is 0. The van der Waals surface area contributed by atoms with Crippen molar-refractivity contribution in [2.75, 3.05) is 24.5 Å². The van der Waals surface area contributed by atoms with Gasteiger partial charge in [0.2, 0.25) is 5.91 Å². The topological polar surface area (TPSA) is 73.7 Å². The number of carbonyl (C=O) groups excluding carboxylic acids is 1. The lowest BCUT2D eigenvalue weighted by Crippen LogP contribution is -2.46. The number of aromatic carboxylic acids is 1. The Hall–Kier alpha value is -2.11. The Bertz CT molecular complexity index is 553. The van der Waals surface area contributed by atoms with Crippen LogP contribution >= 0.6 is 0 Å². The van der Waals surface area contributed by atoms with Crippen molar-refractivity contribution in [1.29, 1.82) is 0 Å². The second-order valence-corrected chi connectivity index (χ2v) is 5.59. The van der Waals surface area contributed by atoms with Crippen LogP contribution in [-0.2, 0) is 4.79 Å². The number of amides is 1. The van der Waals surface area contributed by atoms with Crippen LogP contribution in [0, 0.1) is 0 Å². The molecule has 21 heavy (non-hydrogen) atoms. The van der Waals surface area contributed by atoms with Crippen molar-refractivity contribution in [3.63, 3.8) is 0 Å². The highest BCUT2D eigenvalue weighted by Crippen LogP contribution is 2.26.